The molecule has 0 amide bonds. The Morgan fingerprint density at radius 3 is 2.89 bits per heavy atom. The van der Waals surface area contributed by atoms with E-state index in [1.807, 2.05) is 0 Å². The molecule has 1 aliphatic heterocycles. The van der Waals surface area contributed by atoms with Gasteiger partial charge >= 0.3 is 0 Å². The summed E-state index contributed by atoms with van der Waals surface area (Å²) in [5.41, 5.74) is 1.54. The van der Waals surface area contributed by atoms with E-state index in [1.54, 1.807) is 11.3 Å². The molecule has 100 valence electrons. The number of nitrogens with one attached hydrogen (secondary N) is 1. The molecule has 2 aliphatic rings. The summed E-state index contributed by atoms with van der Waals surface area (Å²) in [5.74, 6) is 0. The molecule has 1 aromatic rings. The molecule has 1 aromatic heterocycles. The van der Waals surface area contributed by atoms with Crippen LogP contribution in [0.4, 0.5) is 0 Å². The van der Waals surface area contributed by atoms with Gasteiger partial charge in [-0.05, 0) is 42.2 Å². The van der Waals surface area contributed by atoms with Crippen LogP contribution in [0.3, 0.4) is 0 Å². The number of hydrogen-bond acceptors (Lipinski definition) is 4. The summed E-state index contributed by atoms with van der Waals surface area (Å²) < 4.78 is 5.99. The van der Waals surface area contributed by atoms with Crippen molar-refractivity contribution in [1.29, 1.82) is 0 Å². The van der Waals surface area contributed by atoms with Crippen molar-refractivity contribution >= 4 is 11.3 Å². The highest BCUT2D eigenvalue weighted by Gasteiger charge is 2.33. The SMILES string of the molecule is CC1(OCCN(Cc2ccsc2)C2CC2)CNC1. The molecular weight excluding hydrogens is 244 g/mol. The lowest BCUT2D eigenvalue weighted by molar-refractivity contribution is -0.0731. The lowest BCUT2D eigenvalue weighted by Gasteiger charge is -2.39. The molecule has 3 nitrogen and oxygen atoms in total. The van der Waals surface area contributed by atoms with E-state index in [1.165, 1.54) is 18.4 Å². The van der Waals surface area contributed by atoms with Gasteiger partial charge in [-0.2, -0.15) is 11.3 Å². The maximum Gasteiger partial charge on any atom is 0.0902 e. The minimum Gasteiger partial charge on any atom is -0.371 e. The van der Waals surface area contributed by atoms with Gasteiger partial charge in [-0.15, -0.1) is 0 Å². The van der Waals surface area contributed by atoms with Crippen molar-refractivity contribution in [1.82, 2.24) is 10.2 Å². The first kappa shape index (κ1) is 12.6. The predicted molar refractivity (Wildman–Crippen MR) is 75.0 cm³/mol. The molecule has 4 heteroatoms. The summed E-state index contributed by atoms with van der Waals surface area (Å²) in [5, 5.41) is 7.70. The van der Waals surface area contributed by atoms with Crippen LogP contribution < -0.4 is 5.32 Å². The minimum atomic E-state index is 0.0948. The second-order valence-electron chi connectivity index (χ2n) is 5.74. The topological polar surface area (TPSA) is 24.5 Å². The summed E-state index contributed by atoms with van der Waals surface area (Å²) in [6.45, 7) is 7.22. The highest BCUT2D eigenvalue weighted by atomic mass is 32.1. The number of nitrogens with zero attached hydrogens (tertiary/aromatic N) is 1. The average Bonchev–Trinajstić information content (AvgIpc) is 3.04. The summed E-state index contributed by atoms with van der Waals surface area (Å²) in [6, 6.07) is 3.04. The fourth-order valence-electron chi connectivity index (χ4n) is 2.44. The standard InChI is InChI=1S/C14H22N2OS/c1-14(10-15-11-14)17-6-5-16(13-2-3-13)8-12-4-7-18-9-12/h4,7,9,13,15H,2-3,5-6,8,10-11H2,1H3. The van der Waals surface area contributed by atoms with Gasteiger partial charge in [-0.1, -0.05) is 0 Å². The van der Waals surface area contributed by atoms with Crippen LogP contribution >= 0.6 is 11.3 Å². The van der Waals surface area contributed by atoms with E-state index < -0.39 is 0 Å². The van der Waals surface area contributed by atoms with Gasteiger partial charge in [0.15, 0.2) is 0 Å². The number of ether oxygens (including phenoxy) is 1. The van der Waals surface area contributed by atoms with Crippen LogP contribution in [0.5, 0.6) is 0 Å². The van der Waals surface area contributed by atoms with Crippen molar-refractivity contribution in [3.05, 3.63) is 22.4 Å². The van der Waals surface area contributed by atoms with Crippen molar-refractivity contribution in [2.75, 3.05) is 26.2 Å². The summed E-state index contributed by atoms with van der Waals surface area (Å²) in [4.78, 5) is 2.58. The van der Waals surface area contributed by atoms with Crippen molar-refractivity contribution in [3.8, 4) is 0 Å². The number of thiophene rings is 1. The highest BCUT2D eigenvalue weighted by molar-refractivity contribution is 7.07. The normalized spacial score (nSPS) is 22.1. The smallest absolute Gasteiger partial charge is 0.0902 e. The Hall–Kier alpha value is -0.420. The molecule has 1 saturated carbocycles. The molecule has 0 spiro atoms. The van der Waals surface area contributed by atoms with E-state index in [4.69, 9.17) is 4.74 Å². The van der Waals surface area contributed by atoms with E-state index in [9.17, 15) is 0 Å². The Morgan fingerprint density at radius 1 is 1.50 bits per heavy atom. The largest absolute Gasteiger partial charge is 0.371 e. The van der Waals surface area contributed by atoms with Gasteiger partial charge in [0.2, 0.25) is 0 Å². The monoisotopic (exact) mass is 266 g/mol. The van der Waals surface area contributed by atoms with Crippen LogP contribution in [0.2, 0.25) is 0 Å². The van der Waals surface area contributed by atoms with Crippen LogP contribution in [0.15, 0.2) is 16.8 Å². The molecule has 0 aromatic carbocycles. The minimum absolute atomic E-state index is 0.0948. The molecule has 1 aliphatic carbocycles. The third-order valence-electron chi connectivity index (χ3n) is 3.86. The molecular formula is C14H22N2OS. The van der Waals surface area contributed by atoms with E-state index in [0.717, 1.165) is 38.8 Å². The Bertz CT molecular complexity index is 371. The van der Waals surface area contributed by atoms with E-state index >= 15 is 0 Å². The number of rotatable bonds is 7. The van der Waals surface area contributed by atoms with Crippen LogP contribution in [0, 0.1) is 0 Å². The zero-order valence-electron chi connectivity index (χ0n) is 11.0. The first-order chi connectivity index (χ1) is 8.75. The summed E-state index contributed by atoms with van der Waals surface area (Å²) >= 11 is 1.79. The maximum absolute atomic E-state index is 5.99. The van der Waals surface area contributed by atoms with Crippen LogP contribution in [0.1, 0.15) is 25.3 Å². The van der Waals surface area contributed by atoms with Crippen molar-refractivity contribution < 1.29 is 4.74 Å². The fraction of sp³-hybridized carbons (Fsp3) is 0.714. The van der Waals surface area contributed by atoms with E-state index in [-0.39, 0.29) is 5.60 Å². The Labute approximate surface area is 113 Å². The maximum atomic E-state index is 5.99. The zero-order chi connectivity index (χ0) is 12.4. The molecule has 18 heavy (non-hydrogen) atoms. The molecule has 1 saturated heterocycles. The van der Waals surface area contributed by atoms with Gasteiger partial charge in [0, 0.05) is 32.2 Å². The van der Waals surface area contributed by atoms with Gasteiger partial charge < -0.3 is 10.1 Å². The van der Waals surface area contributed by atoms with Crippen LogP contribution in [-0.2, 0) is 11.3 Å². The third kappa shape index (κ3) is 3.12. The second kappa shape index (κ2) is 5.29. The lowest BCUT2D eigenvalue weighted by atomic mass is 10.0. The lowest BCUT2D eigenvalue weighted by Crippen LogP contribution is -2.59. The summed E-state index contributed by atoms with van der Waals surface area (Å²) in [7, 11) is 0. The highest BCUT2D eigenvalue weighted by Crippen LogP contribution is 2.28. The van der Waals surface area contributed by atoms with Gasteiger partial charge in [-0.25, -0.2) is 0 Å². The first-order valence-corrected chi connectivity index (χ1v) is 7.79. The number of hydrogen-bond donors (Lipinski definition) is 1. The molecule has 0 unspecified atom stereocenters. The first-order valence-electron chi connectivity index (χ1n) is 6.85. The van der Waals surface area contributed by atoms with Gasteiger partial charge in [-0.3, -0.25) is 4.90 Å². The predicted octanol–water partition coefficient (Wildman–Crippen LogP) is 2.09. The van der Waals surface area contributed by atoms with Crippen LogP contribution in [0.25, 0.3) is 0 Å². The van der Waals surface area contributed by atoms with Crippen molar-refractivity contribution in [2.24, 2.45) is 0 Å². The molecule has 2 fully saturated rings. The van der Waals surface area contributed by atoms with Crippen LogP contribution in [-0.4, -0.2) is 42.8 Å². The molecule has 2 heterocycles. The van der Waals surface area contributed by atoms with Gasteiger partial charge in [0.25, 0.3) is 0 Å². The third-order valence-corrected chi connectivity index (χ3v) is 4.59. The molecule has 0 radical (unpaired) electrons. The van der Waals surface area contributed by atoms with E-state index in [0.29, 0.717) is 0 Å². The molecule has 0 bridgehead atoms. The Kier molecular flexibility index (Phi) is 3.71. The molecule has 3 rings (SSSR count). The summed E-state index contributed by atoms with van der Waals surface area (Å²) in [6.07, 6.45) is 2.73. The molecule has 0 atom stereocenters. The second-order valence-corrected chi connectivity index (χ2v) is 6.52. The Morgan fingerprint density at radius 2 is 2.33 bits per heavy atom. The van der Waals surface area contributed by atoms with Crippen molar-refractivity contribution in [3.63, 3.8) is 0 Å². The van der Waals surface area contributed by atoms with E-state index in [2.05, 4.69) is 34.0 Å². The Balaban J connectivity index is 1.45. The molecule has 1 N–H and O–H groups in total. The quantitative estimate of drug-likeness (QED) is 0.818. The van der Waals surface area contributed by atoms with Gasteiger partial charge in [0.1, 0.15) is 0 Å². The van der Waals surface area contributed by atoms with Crippen molar-refractivity contribution in [2.45, 2.75) is 38.0 Å². The average molecular weight is 266 g/mol. The van der Waals surface area contributed by atoms with Gasteiger partial charge in [0.05, 0.1) is 12.2 Å². The zero-order valence-corrected chi connectivity index (χ0v) is 11.8. The fourth-order valence-corrected chi connectivity index (χ4v) is 3.10.